The van der Waals surface area contributed by atoms with E-state index < -0.39 is 25.5 Å². The smallest absolute Gasteiger partial charge is 0.227 e. The van der Waals surface area contributed by atoms with Gasteiger partial charge in [0, 0.05) is 123 Å². The second-order valence-electron chi connectivity index (χ2n) is 36.8. The van der Waals surface area contributed by atoms with Gasteiger partial charge < -0.3 is 17.7 Å². The van der Waals surface area contributed by atoms with Gasteiger partial charge in [0.15, 0.2) is 47.1 Å². The van der Waals surface area contributed by atoms with Gasteiger partial charge >= 0.3 is 0 Å². The summed E-state index contributed by atoms with van der Waals surface area (Å²) in [6, 6.07) is 42.5. The van der Waals surface area contributed by atoms with Crippen LogP contribution in [-0.4, -0.2) is 19.9 Å². The third-order valence-corrected chi connectivity index (χ3v) is 24.0. The van der Waals surface area contributed by atoms with E-state index in [-0.39, 0.29) is 17.0 Å². The summed E-state index contributed by atoms with van der Waals surface area (Å²) < 4.78 is 99.8. The third-order valence-electron chi connectivity index (χ3n) is 24.0. The second kappa shape index (κ2) is 36.1. The van der Waals surface area contributed by atoms with Gasteiger partial charge in [0.05, 0.1) is 22.3 Å². The number of hydrogen-bond donors (Lipinski definition) is 0. The fourth-order valence-corrected chi connectivity index (χ4v) is 17.5. The van der Waals surface area contributed by atoms with Crippen LogP contribution in [0.25, 0.3) is 133 Å². The molecule has 121 heavy (non-hydrogen) atoms. The Bertz CT molecular complexity index is 6930. The lowest BCUT2D eigenvalue weighted by Crippen LogP contribution is -2.32. The summed E-state index contributed by atoms with van der Waals surface area (Å²) in [5.41, 5.74) is 31.5. The first-order valence-electron chi connectivity index (χ1n) is 48.0. The van der Waals surface area contributed by atoms with E-state index in [1.54, 1.807) is 11.6 Å². The first kappa shape index (κ1) is 77.6. The van der Waals surface area contributed by atoms with Crippen LogP contribution in [0.2, 0.25) is 0 Å². The molecule has 0 N–H and O–H groups in total. The second-order valence-corrected chi connectivity index (χ2v) is 36.8. The summed E-state index contributed by atoms with van der Waals surface area (Å²) in [6.07, 6.45) is 13.5. The summed E-state index contributed by atoms with van der Waals surface area (Å²) in [5, 5.41) is 8.36. The molecule has 0 amide bonds. The van der Waals surface area contributed by atoms with Gasteiger partial charge in [-0.1, -0.05) is 201 Å². The monoisotopic (exact) mass is 1630 g/mol. The first-order valence-corrected chi connectivity index (χ1v) is 44.0. The van der Waals surface area contributed by atoms with Crippen LogP contribution in [0.4, 0.5) is 0 Å². The molecular formula is C109H134N8O4+4. The van der Waals surface area contributed by atoms with Crippen molar-refractivity contribution in [1.82, 2.24) is 19.9 Å². The number of benzene rings is 4. The van der Waals surface area contributed by atoms with Gasteiger partial charge in [0.2, 0.25) is 45.6 Å². The molecule has 16 aromatic rings. The Labute approximate surface area is 731 Å². The lowest BCUT2D eigenvalue weighted by molar-refractivity contribution is -0.661. The van der Waals surface area contributed by atoms with E-state index in [1.807, 2.05) is 31.2 Å². The minimum atomic E-state index is -2.78. The molecule has 0 saturated heterocycles. The molecule has 2 unspecified atom stereocenters. The SMILES string of the molecule is CCc1ccc2c(n1)oc1c(-c3cc(C(C)C)c(CC(C)C)c[n+]3C)c(C)ccc12.CCc1ccc2c(n1)oc1c(-c3cc(CC(C)C)c(C(C)C)c[n+]3C)c(C)ccc12.Cc1ccc2c(oc3nc(C(C)C)ccc32)c1-c1cc(C(C)C)c(CC(C)C)c[n+]1C.[2H]C([2H])([2H])C([2H])(C)c1cc(-c2c(C)ccc3c2oc2nc(C(C)C)ccc23)[n+](C)cc1C([2H])(C)C([2H])([2H])[2H]. The molecule has 16 rings (SSSR count). The summed E-state index contributed by atoms with van der Waals surface area (Å²) in [5.74, 6) is -0.416. The molecule has 12 heterocycles. The molecule has 12 heteroatoms. The molecule has 0 spiro atoms. The average Bonchev–Trinajstić information content (AvgIpc) is 1.66. The van der Waals surface area contributed by atoms with E-state index in [4.69, 9.17) is 48.6 Å². The predicted molar refractivity (Wildman–Crippen MR) is 504 cm³/mol. The summed E-state index contributed by atoms with van der Waals surface area (Å²) in [4.78, 5) is 19.0. The lowest BCUT2D eigenvalue weighted by Gasteiger charge is -2.16. The maximum Gasteiger partial charge on any atom is 0.227 e. The number of aryl methyl sites for hydroxylation is 10. The van der Waals surface area contributed by atoms with Gasteiger partial charge in [-0.2, -0.15) is 0 Å². The topological polar surface area (TPSA) is 120 Å². The van der Waals surface area contributed by atoms with Crippen molar-refractivity contribution in [3.05, 3.63) is 236 Å². The number of pyridine rings is 8. The van der Waals surface area contributed by atoms with E-state index >= 15 is 0 Å². The van der Waals surface area contributed by atoms with Gasteiger partial charge in [-0.25, -0.2) is 38.2 Å². The Morgan fingerprint density at radius 3 is 0.901 bits per heavy atom. The summed E-state index contributed by atoms with van der Waals surface area (Å²) in [6.45, 7) is 45.5. The Hall–Kier alpha value is -10.7. The quantitative estimate of drug-likeness (QED) is 0.0734. The number of aromatic nitrogens is 8. The van der Waals surface area contributed by atoms with Crippen LogP contribution in [0, 0.1) is 45.4 Å². The van der Waals surface area contributed by atoms with Crippen molar-refractivity contribution in [3.8, 4) is 45.0 Å². The maximum atomic E-state index is 8.87. The zero-order valence-corrected chi connectivity index (χ0v) is 77.2. The van der Waals surface area contributed by atoms with Crippen LogP contribution in [-0.2, 0) is 60.3 Å². The highest BCUT2D eigenvalue weighted by Crippen LogP contribution is 2.44. The molecule has 630 valence electrons. The van der Waals surface area contributed by atoms with Gasteiger partial charge in [0.1, 0.15) is 28.2 Å². The minimum Gasteiger partial charge on any atom is -0.437 e. The maximum absolute atomic E-state index is 8.87. The number of furan rings is 4. The van der Waals surface area contributed by atoms with E-state index in [9.17, 15) is 0 Å². The van der Waals surface area contributed by atoms with Crippen molar-refractivity contribution >= 4 is 88.3 Å². The van der Waals surface area contributed by atoms with Crippen molar-refractivity contribution in [1.29, 1.82) is 0 Å². The molecule has 12 aromatic heterocycles. The summed E-state index contributed by atoms with van der Waals surface area (Å²) in [7, 11) is 8.16. The fourth-order valence-electron chi connectivity index (χ4n) is 17.5. The summed E-state index contributed by atoms with van der Waals surface area (Å²) >= 11 is 0. The molecular weight excluding hydrogens is 1490 g/mol. The lowest BCUT2D eigenvalue weighted by atomic mass is 9.90. The van der Waals surface area contributed by atoms with Crippen molar-refractivity contribution in [2.24, 2.45) is 45.9 Å². The highest BCUT2D eigenvalue weighted by atomic mass is 16.4. The van der Waals surface area contributed by atoms with Crippen molar-refractivity contribution in [2.45, 2.75) is 253 Å². The van der Waals surface area contributed by atoms with Crippen molar-refractivity contribution in [3.63, 3.8) is 0 Å². The van der Waals surface area contributed by atoms with E-state index in [1.165, 1.54) is 110 Å². The molecule has 0 aliphatic rings. The molecule has 0 aliphatic heterocycles. The highest BCUT2D eigenvalue weighted by Gasteiger charge is 2.31. The largest absolute Gasteiger partial charge is 0.437 e. The standard InChI is InChI=1S/C28H35N2O.3C27H33N2O/c1-16(2)13-20-15-30(8)25(14-23(20)17(3)4)26-19(7)9-10-21-22-11-12-24(18(5)6)29-28(22)31-27(21)26;1-15(2)21-13-24(29(8)14-22(21)16(3)4)25-18(7)9-10-19-20-11-12-23(17(5)6)28-27(20)30-26(19)25;1-8-20-10-12-22-21-11-9-18(6)25(26(21)30-27(22)28-20)24-14-23(17(4)5)19(13-16(2)3)15-29(24)7;1-8-20-10-12-22-21-11-9-18(6)25(26(21)30-27(22)28-20)24-14-19(13-16(2)3)23(17(4)5)15-29(24)7/h9-12,14-18H,13H2,1-8H3;9-17H,1-8H3;2*9-12,14-17H,8,13H2,1-7H3/q4*+1/i;1D3,3D3,15D,16D;;. The van der Waals surface area contributed by atoms with E-state index in [2.05, 4.69) is 290 Å². The number of fused-ring (bicyclic) bond motifs is 12. The number of rotatable bonds is 19. The molecule has 0 fully saturated rings. The van der Waals surface area contributed by atoms with E-state index in [0.29, 0.717) is 64.0 Å². The van der Waals surface area contributed by atoms with Crippen LogP contribution in [0.3, 0.4) is 0 Å². The molecule has 12 nitrogen and oxygen atoms in total. The predicted octanol–water partition coefficient (Wildman–Crippen LogP) is 27.7. The number of hydrogen-bond acceptors (Lipinski definition) is 8. The number of nitrogens with zero attached hydrogens (tertiary/aromatic N) is 8. The Balaban J connectivity index is 0.000000147. The Kier molecular flexibility index (Phi) is 23.2. The average molecular weight is 1630 g/mol. The molecule has 0 aliphatic carbocycles. The van der Waals surface area contributed by atoms with Crippen LogP contribution in [0.15, 0.2) is 164 Å². The normalized spacial score (nSPS) is 14.3. The van der Waals surface area contributed by atoms with Crippen LogP contribution in [0.5, 0.6) is 0 Å². The molecule has 4 aromatic carbocycles. The van der Waals surface area contributed by atoms with Gasteiger partial charge in [-0.3, -0.25) is 0 Å². The zero-order valence-electron chi connectivity index (χ0n) is 85.2. The minimum absolute atomic E-state index is 0.0324. The fraction of sp³-hybridized carbons (Fsp3) is 0.413. The van der Waals surface area contributed by atoms with Crippen molar-refractivity contribution in [2.75, 3.05) is 0 Å². The van der Waals surface area contributed by atoms with E-state index in [0.717, 1.165) is 137 Å². The molecule has 0 radical (unpaired) electrons. The third kappa shape index (κ3) is 17.9. The van der Waals surface area contributed by atoms with Gasteiger partial charge in [-0.15, -0.1) is 0 Å². The first-order chi connectivity index (χ1) is 60.5. The van der Waals surface area contributed by atoms with Gasteiger partial charge in [0.25, 0.3) is 0 Å². The highest BCUT2D eigenvalue weighted by molar-refractivity contribution is 6.12. The molecule has 0 saturated carbocycles. The molecule has 2 atom stereocenters. The Morgan fingerprint density at radius 1 is 0.306 bits per heavy atom. The van der Waals surface area contributed by atoms with Gasteiger partial charge in [-0.05, 0) is 212 Å². The zero-order chi connectivity index (χ0) is 94.2. The Morgan fingerprint density at radius 2 is 0.587 bits per heavy atom. The van der Waals surface area contributed by atoms with Crippen LogP contribution in [0.1, 0.15) is 294 Å². The van der Waals surface area contributed by atoms with Crippen LogP contribution < -0.4 is 18.3 Å². The molecule has 0 bridgehead atoms. The van der Waals surface area contributed by atoms with Crippen molar-refractivity contribution < 1.29 is 46.9 Å². The van der Waals surface area contributed by atoms with Crippen LogP contribution >= 0.6 is 0 Å².